The Hall–Kier alpha value is -1.09. The minimum Gasteiger partial charge on any atom is -0.481 e. The number of ether oxygens (including phenoxy) is 1. The first kappa shape index (κ1) is 4.68. The van der Waals surface area contributed by atoms with E-state index in [0.717, 1.165) is 0 Å². The number of pyridine rings is 1. The van der Waals surface area contributed by atoms with Crippen LogP contribution in [0.2, 0.25) is 0 Å². The molecule has 0 saturated heterocycles. The minimum atomic E-state index is -2.40. The highest BCUT2D eigenvalue weighted by atomic mass is 16.5. The van der Waals surface area contributed by atoms with Crippen molar-refractivity contribution in [3.05, 3.63) is 23.9 Å². The zero-order chi connectivity index (χ0) is 9.19. The van der Waals surface area contributed by atoms with Gasteiger partial charge in [0.15, 0.2) is 0 Å². The van der Waals surface area contributed by atoms with Gasteiger partial charge in [-0.25, -0.2) is 4.98 Å². The molecular formula is C7H9NO2. The van der Waals surface area contributed by atoms with Crippen molar-refractivity contribution in [2.75, 3.05) is 7.11 Å². The first-order chi connectivity index (χ1) is 5.55. The summed E-state index contributed by atoms with van der Waals surface area (Å²) in [5.74, 6) is 0.102. The smallest absolute Gasteiger partial charge is 0.218 e. The van der Waals surface area contributed by atoms with Crippen LogP contribution >= 0.6 is 0 Å². The number of aromatic nitrogens is 1. The van der Waals surface area contributed by atoms with Crippen molar-refractivity contribution in [3.8, 4) is 5.88 Å². The Morgan fingerprint density at radius 1 is 1.90 bits per heavy atom. The first-order valence-corrected chi connectivity index (χ1v) is 2.77. The summed E-state index contributed by atoms with van der Waals surface area (Å²) in [5, 5.41) is 9.01. The summed E-state index contributed by atoms with van der Waals surface area (Å²) in [6.07, 6.45) is 1.47. The van der Waals surface area contributed by atoms with Crippen molar-refractivity contribution >= 4 is 0 Å². The molecule has 1 rings (SSSR count). The lowest BCUT2D eigenvalue weighted by molar-refractivity contribution is 0.271. The molecule has 54 valence electrons. The molecule has 1 aromatic rings. The third kappa shape index (κ3) is 1.25. The quantitative estimate of drug-likeness (QED) is 0.655. The van der Waals surface area contributed by atoms with Crippen molar-refractivity contribution in [1.29, 1.82) is 0 Å². The highest BCUT2D eigenvalue weighted by Gasteiger charge is 1.98. The Labute approximate surface area is 62.1 Å². The SMILES string of the molecule is [2H]C([2H])(O)c1cccnc1OC. The van der Waals surface area contributed by atoms with Crippen LogP contribution in [0.25, 0.3) is 0 Å². The van der Waals surface area contributed by atoms with Crippen LogP contribution in [0.15, 0.2) is 18.3 Å². The fourth-order valence-electron chi connectivity index (χ4n) is 0.639. The van der Waals surface area contributed by atoms with Crippen LogP contribution in [0, 0.1) is 0 Å². The van der Waals surface area contributed by atoms with Crippen molar-refractivity contribution in [2.45, 2.75) is 6.56 Å². The van der Waals surface area contributed by atoms with Gasteiger partial charge in [-0.3, -0.25) is 0 Å². The lowest BCUT2D eigenvalue weighted by Crippen LogP contribution is -1.93. The maximum absolute atomic E-state index is 9.01. The summed E-state index contributed by atoms with van der Waals surface area (Å²) < 4.78 is 18.8. The third-order valence-electron chi connectivity index (χ3n) is 1.08. The van der Waals surface area contributed by atoms with Gasteiger partial charge in [0.25, 0.3) is 0 Å². The Kier molecular flexibility index (Phi) is 1.49. The summed E-state index contributed by atoms with van der Waals surface area (Å²) in [5.41, 5.74) is 0.0347. The molecule has 1 heterocycles. The molecule has 1 aromatic heterocycles. The van der Waals surface area contributed by atoms with E-state index in [4.69, 9.17) is 12.6 Å². The van der Waals surface area contributed by atoms with Crippen LogP contribution in [-0.4, -0.2) is 17.2 Å². The molecule has 0 aliphatic heterocycles. The van der Waals surface area contributed by atoms with E-state index in [1.165, 1.54) is 25.4 Å². The molecule has 0 fully saturated rings. The summed E-state index contributed by atoms with van der Waals surface area (Å²) in [4.78, 5) is 3.74. The van der Waals surface area contributed by atoms with E-state index in [-0.39, 0.29) is 11.4 Å². The molecule has 0 radical (unpaired) electrons. The van der Waals surface area contributed by atoms with Crippen molar-refractivity contribution in [3.63, 3.8) is 0 Å². The van der Waals surface area contributed by atoms with Gasteiger partial charge in [0.05, 0.1) is 16.4 Å². The maximum Gasteiger partial charge on any atom is 0.218 e. The van der Waals surface area contributed by atoms with E-state index in [0.29, 0.717) is 0 Å². The zero-order valence-corrected chi connectivity index (χ0v) is 5.53. The molecule has 0 spiro atoms. The normalized spacial score (nSPS) is 13.8. The van der Waals surface area contributed by atoms with Crippen LogP contribution in [0.1, 0.15) is 8.30 Å². The second kappa shape index (κ2) is 3.17. The molecule has 0 amide bonds. The largest absolute Gasteiger partial charge is 0.481 e. The Morgan fingerprint density at radius 3 is 3.20 bits per heavy atom. The maximum atomic E-state index is 9.01. The van der Waals surface area contributed by atoms with Gasteiger partial charge < -0.3 is 9.84 Å². The van der Waals surface area contributed by atoms with E-state index in [1.807, 2.05) is 0 Å². The fraction of sp³-hybridized carbons (Fsp3) is 0.286. The van der Waals surface area contributed by atoms with Gasteiger partial charge in [-0.15, -0.1) is 0 Å². The Morgan fingerprint density at radius 2 is 2.70 bits per heavy atom. The standard InChI is InChI=1S/C7H9NO2/c1-10-7-6(5-9)3-2-4-8-7/h2-4,9H,5H2,1H3/i5D2. The number of hydrogen-bond donors (Lipinski definition) is 1. The van der Waals surface area contributed by atoms with Gasteiger partial charge >= 0.3 is 0 Å². The second-order valence-corrected chi connectivity index (χ2v) is 1.67. The van der Waals surface area contributed by atoms with Crippen LogP contribution in [-0.2, 0) is 6.56 Å². The molecule has 10 heavy (non-hydrogen) atoms. The monoisotopic (exact) mass is 141 g/mol. The number of rotatable bonds is 2. The van der Waals surface area contributed by atoms with Crippen LogP contribution in [0.5, 0.6) is 5.88 Å². The van der Waals surface area contributed by atoms with Gasteiger partial charge in [0.1, 0.15) is 0 Å². The predicted octanol–water partition coefficient (Wildman–Crippen LogP) is 0.582. The van der Waals surface area contributed by atoms with Crippen molar-refractivity contribution in [2.24, 2.45) is 0 Å². The van der Waals surface area contributed by atoms with Gasteiger partial charge in [-0.05, 0) is 12.1 Å². The van der Waals surface area contributed by atoms with E-state index in [1.54, 1.807) is 0 Å². The molecule has 0 unspecified atom stereocenters. The Balaban J connectivity index is 3.14. The first-order valence-electron chi connectivity index (χ1n) is 3.77. The molecule has 3 nitrogen and oxygen atoms in total. The van der Waals surface area contributed by atoms with Gasteiger partial charge in [0.2, 0.25) is 5.88 Å². The van der Waals surface area contributed by atoms with Crippen LogP contribution < -0.4 is 4.74 Å². The average molecular weight is 141 g/mol. The van der Waals surface area contributed by atoms with Gasteiger partial charge in [0, 0.05) is 11.8 Å². The second-order valence-electron chi connectivity index (χ2n) is 1.67. The summed E-state index contributed by atoms with van der Waals surface area (Å²) >= 11 is 0. The van der Waals surface area contributed by atoms with E-state index in [9.17, 15) is 0 Å². The molecule has 0 bridgehead atoms. The number of hydrogen-bond acceptors (Lipinski definition) is 3. The molecule has 0 saturated carbocycles. The summed E-state index contributed by atoms with van der Waals surface area (Å²) in [6.45, 7) is -2.40. The van der Waals surface area contributed by atoms with Crippen molar-refractivity contribution < 1.29 is 12.6 Å². The average Bonchev–Trinajstić information content (AvgIpc) is 2.03. The fourth-order valence-corrected chi connectivity index (χ4v) is 0.639. The summed E-state index contributed by atoms with van der Waals surface area (Å²) in [7, 11) is 1.37. The predicted molar refractivity (Wildman–Crippen MR) is 36.7 cm³/mol. The highest BCUT2D eigenvalue weighted by Crippen LogP contribution is 2.12. The topological polar surface area (TPSA) is 42.4 Å². The molecule has 1 N–H and O–H groups in total. The molecular weight excluding hydrogens is 130 g/mol. The third-order valence-corrected chi connectivity index (χ3v) is 1.08. The molecule has 0 aliphatic carbocycles. The molecule has 0 atom stereocenters. The van der Waals surface area contributed by atoms with E-state index < -0.39 is 6.56 Å². The van der Waals surface area contributed by atoms with Crippen LogP contribution in [0.3, 0.4) is 0 Å². The molecule has 0 aliphatic rings. The van der Waals surface area contributed by atoms with Crippen LogP contribution in [0.4, 0.5) is 0 Å². The lowest BCUT2D eigenvalue weighted by Gasteiger charge is -2.01. The highest BCUT2D eigenvalue weighted by molar-refractivity contribution is 5.23. The van der Waals surface area contributed by atoms with Crippen molar-refractivity contribution in [1.82, 2.24) is 4.98 Å². The van der Waals surface area contributed by atoms with E-state index >= 15 is 0 Å². The summed E-state index contributed by atoms with van der Waals surface area (Å²) in [6, 6.07) is 2.96. The lowest BCUT2D eigenvalue weighted by atomic mass is 10.3. The number of methoxy groups -OCH3 is 1. The number of aliphatic hydroxyl groups is 1. The van der Waals surface area contributed by atoms with Gasteiger partial charge in [-0.1, -0.05) is 0 Å². The molecule has 0 aromatic carbocycles. The van der Waals surface area contributed by atoms with E-state index in [2.05, 4.69) is 4.98 Å². The Bertz CT molecular complexity index is 272. The minimum absolute atomic E-state index is 0.0347. The number of nitrogens with zero attached hydrogens (tertiary/aromatic N) is 1. The molecule has 3 heteroatoms. The van der Waals surface area contributed by atoms with Gasteiger partial charge in [-0.2, -0.15) is 0 Å². The zero-order valence-electron chi connectivity index (χ0n) is 7.53.